The van der Waals surface area contributed by atoms with Crippen LogP contribution in [-0.4, -0.2) is 20.8 Å². The zero-order valence-corrected chi connectivity index (χ0v) is 15.4. The van der Waals surface area contributed by atoms with E-state index < -0.39 is 4.51 Å². The number of hydrogen-bond donors (Lipinski definition) is 2. The second-order valence-electron chi connectivity index (χ2n) is 8.91. The standard InChI is InChI=1S/C19H29BrO2/c1-17-8-5-13(21)11-12(17)3-4-14-15(17)6-9-18(2)16(14)7-10-19(18,20)22/h3,13-16,21-22H,4-11H2,1-2H3/t13?,14-,15-,16+,17+,18+,19?/m1/s1. The number of fused-ring (bicyclic) bond motifs is 5. The van der Waals surface area contributed by atoms with Crippen LogP contribution in [0.3, 0.4) is 0 Å². The number of aliphatic hydroxyl groups excluding tert-OH is 1. The molecule has 124 valence electrons. The summed E-state index contributed by atoms with van der Waals surface area (Å²) in [5.74, 6) is 2.10. The van der Waals surface area contributed by atoms with Crippen molar-refractivity contribution < 1.29 is 10.2 Å². The second kappa shape index (κ2) is 4.83. The van der Waals surface area contributed by atoms with Gasteiger partial charge in [0.15, 0.2) is 0 Å². The molecule has 22 heavy (non-hydrogen) atoms. The molecule has 2 nitrogen and oxygen atoms in total. The van der Waals surface area contributed by atoms with Gasteiger partial charge in [-0.2, -0.15) is 0 Å². The number of aliphatic hydroxyl groups is 2. The molecule has 7 atom stereocenters. The van der Waals surface area contributed by atoms with Gasteiger partial charge in [0, 0.05) is 5.41 Å². The van der Waals surface area contributed by atoms with Crippen LogP contribution in [-0.2, 0) is 0 Å². The molecule has 0 saturated heterocycles. The van der Waals surface area contributed by atoms with Crippen molar-refractivity contribution in [2.24, 2.45) is 28.6 Å². The van der Waals surface area contributed by atoms with E-state index in [1.807, 2.05) is 0 Å². The Morgan fingerprint density at radius 1 is 1.09 bits per heavy atom. The summed E-state index contributed by atoms with van der Waals surface area (Å²) in [7, 11) is 0. The third-order valence-corrected chi connectivity index (χ3v) is 9.43. The summed E-state index contributed by atoms with van der Waals surface area (Å²) in [6.07, 6.45) is 10.9. The van der Waals surface area contributed by atoms with Gasteiger partial charge in [0.25, 0.3) is 0 Å². The van der Waals surface area contributed by atoms with Gasteiger partial charge in [-0.25, -0.2) is 0 Å². The molecule has 4 aliphatic carbocycles. The summed E-state index contributed by atoms with van der Waals surface area (Å²) in [6, 6.07) is 0. The van der Waals surface area contributed by atoms with Crippen molar-refractivity contribution in [1.82, 2.24) is 0 Å². The molecule has 0 heterocycles. The SMILES string of the molecule is C[C@]12CCC(O)CC1=CC[C@@H]1[C@H]2CC[C@@]2(C)[C@H]1CCC2(O)Br. The molecule has 4 rings (SSSR count). The van der Waals surface area contributed by atoms with E-state index >= 15 is 0 Å². The zero-order chi connectivity index (χ0) is 15.8. The second-order valence-corrected chi connectivity index (χ2v) is 10.2. The van der Waals surface area contributed by atoms with Gasteiger partial charge in [0.05, 0.1) is 6.10 Å². The normalized spacial score (nSPS) is 57.6. The summed E-state index contributed by atoms with van der Waals surface area (Å²) in [4.78, 5) is 0. The van der Waals surface area contributed by atoms with Crippen LogP contribution in [0.2, 0.25) is 0 Å². The average molecular weight is 369 g/mol. The lowest BCUT2D eigenvalue weighted by molar-refractivity contribution is -0.0808. The van der Waals surface area contributed by atoms with Crippen molar-refractivity contribution in [1.29, 1.82) is 0 Å². The fourth-order valence-corrected chi connectivity index (χ4v) is 7.32. The van der Waals surface area contributed by atoms with E-state index in [0.717, 1.165) is 50.9 Å². The van der Waals surface area contributed by atoms with Crippen LogP contribution in [0, 0.1) is 28.6 Å². The minimum absolute atomic E-state index is 0.0318. The van der Waals surface area contributed by atoms with Gasteiger partial charge in [-0.3, -0.25) is 0 Å². The molecule has 3 fully saturated rings. The highest BCUT2D eigenvalue weighted by atomic mass is 79.9. The van der Waals surface area contributed by atoms with Crippen LogP contribution in [0.15, 0.2) is 11.6 Å². The number of allylic oxidation sites excluding steroid dienone is 1. The summed E-state index contributed by atoms with van der Waals surface area (Å²) < 4.78 is -0.663. The van der Waals surface area contributed by atoms with Crippen molar-refractivity contribution in [3.05, 3.63) is 11.6 Å². The Hall–Kier alpha value is 0.140. The first-order valence-corrected chi connectivity index (χ1v) is 9.86. The van der Waals surface area contributed by atoms with Gasteiger partial charge in [0.2, 0.25) is 0 Å². The van der Waals surface area contributed by atoms with Gasteiger partial charge in [0.1, 0.15) is 4.51 Å². The van der Waals surface area contributed by atoms with Gasteiger partial charge in [-0.05, 0) is 74.5 Å². The molecule has 0 amide bonds. The fraction of sp³-hybridized carbons (Fsp3) is 0.895. The Morgan fingerprint density at radius 2 is 1.82 bits per heavy atom. The molecule has 2 unspecified atom stereocenters. The maximum absolute atomic E-state index is 10.8. The lowest BCUT2D eigenvalue weighted by Crippen LogP contribution is -2.53. The first-order valence-electron chi connectivity index (χ1n) is 9.07. The van der Waals surface area contributed by atoms with E-state index in [-0.39, 0.29) is 11.5 Å². The number of rotatable bonds is 0. The molecule has 0 bridgehead atoms. The molecule has 0 aromatic carbocycles. The lowest BCUT2D eigenvalue weighted by Gasteiger charge is -2.58. The van der Waals surface area contributed by atoms with Crippen LogP contribution in [0.5, 0.6) is 0 Å². The van der Waals surface area contributed by atoms with Crippen LogP contribution in [0.4, 0.5) is 0 Å². The topological polar surface area (TPSA) is 40.5 Å². The Bertz CT molecular complexity index is 514. The van der Waals surface area contributed by atoms with E-state index in [0.29, 0.717) is 17.3 Å². The van der Waals surface area contributed by atoms with Crippen LogP contribution in [0.25, 0.3) is 0 Å². The third-order valence-electron chi connectivity index (χ3n) is 8.13. The van der Waals surface area contributed by atoms with Crippen molar-refractivity contribution in [2.75, 3.05) is 0 Å². The molecule has 3 heteroatoms. The van der Waals surface area contributed by atoms with Crippen molar-refractivity contribution >= 4 is 15.9 Å². The van der Waals surface area contributed by atoms with Gasteiger partial charge in [-0.1, -0.05) is 41.4 Å². The van der Waals surface area contributed by atoms with E-state index in [9.17, 15) is 10.2 Å². The highest BCUT2D eigenvalue weighted by Gasteiger charge is 2.62. The van der Waals surface area contributed by atoms with Crippen molar-refractivity contribution in [3.63, 3.8) is 0 Å². The predicted molar refractivity (Wildman–Crippen MR) is 91.6 cm³/mol. The molecule has 0 aromatic rings. The molecular weight excluding hydrogens is 340 g/mol. The summed E-state index contributed by atoms with van der Waals surface area (Å²) in [5, 5.41) is 20.9. The number of hydrogen-bond acceptors (Lipinski definition) is 2. The van der Waals surface area contributed by atoms with E-state index in [4.69, 9.17) is 0 Å². The first kappa shape index (κ1) is 15.7. The highest BCUT2D eigenvalue weighted by molar-refractivity contribution is 9.10. The van der Waals surface area contributed by atoms with Crippen LogP contribution in [0.1, 0.15) is 65.2 Å². The molecule has 0 radical (unpaired) electrons. The van der Waals surface area contributed by atoms with E-state index in [2.05, 4.69) is 35.9 Å². The molecule has 0 aliphatic heterocycles. The Balaban J connectivity index is 1.69. The molecule has 3 saturated carbocycles. The molecule has 0 spiro atoms. The Morgan fingerprint density at radius 3 is 2.59 bits per heavy atom. The molecular formula is C19H29BrO2. The third kappa shape index (κ3) is 1.91. The maximum atomic E-state index is 10.8. The van der Waals surface area contributed by atoms with Crippen LogP contribution >= 0.6 is 15.9 Å². The predicted octanol–water partition coefficient (Wildman–Crippen LogP) is 4.39. The Kier molecular flexibility index (Phi) is 3.44. The summed E-state index contributed by atoms with van der Waals surface area (Å²) in [5.41, 5.74) is 1.86. The average Bonchev–Trinajstić information content (AvgIpc) is 2.70. The smallest absolute Gasteiger partial charge is 0.125 e. The summed E-state index contributed by atoms with van der Waals surface area (Å²) in [6.45, 7) is 4.77. The highest BCUT2D eigenvalue weighted by Crippen LogP contribution is 2.68. The monoisotopic (exact) mass is 368 g/mol. The fourth-order valence-electron chi connectivity index (χ4n) is 6.60. The first-order chi connectivity index (χ1) is 10.3. The molecule has 2 N–H and O–H groups in total. The van der Waals surface area contributed by atoms with Gasteiger partial charge < -0.3 is 10.2 Å². The molecule has 0 aromatic heterocycles. The quantitative estimate of drug-likeness (QED) is 0.491. The molecule has 4 aliphatic rings. The van der Waals surface area contributed by atoms with Crippen molar-refractivity contribution in [3.8, 4) is 0 Å². The minimum Gasteiger partial charge on any atom is -0.393 e. The Labute approximate surface area is 142 Å². The van der Waals surface area contributed by atoms with Gasteiger partial charge in [-0.15, -0.1) is 0 Å². The van der Waals surface area contributed by atoms with Crippen LogP contribution < -0.4 is 0 Å². The van der Waals surface area contributed by atoms with Crippen molar-refractivity contribution in [2.45, 2.75) is 75.8 Å². The summed E-state index contributed by atoms with van der Waals surface area (Å²) >= 11 is 3.65. The van der Waals surface area contributed by atoms with E-state index in [1.54, 1.807) is 0 Å². The van der Waals surface area contributed by atoms with E-state index in [1.165, 1.54) is 12.0 Å². The number of halogens is 1. The zero-order valence-electron chi connectivity index (χ0n) is 13.8. The largest absolute Gasteiger partial charge is 0.393 e. The lowest BCUT2D eigenvalue weighted by atomic mass is 9.48. The maximum Gasteiger partial charge on any atom is 0.125 e. The minimum atomic E-state index is -0.663. The number of alkyl halides is 1. The van der Waals surface area contributed by atoms with Gasteiger partial charge >= 0.3 is 0 Å².